The third-order valence-corrected chi connectivity index (χ3v) is 4.41. The van der Waals surface area contributed by atoms with E-state index in [1.54, 1.807) is 18.2 Å². The van der Waals surface area contributed by atoms with Crippen LogP contribution in [0.4, 0.5) is 5.69 Å². The Labute approximate surface area is 156 Å². The predicted molar refractivity (Wildman–Crippen MR) is 104 cm³/mol. The van der Waals surface area contributed by atoms with Gasteiger partial charge in [0.05, 0.1) is 10.7 Å². The van der Waals surface area contributed by atoms with E-state index >= 15 is 0 Å². The van der Waals surface area contributed by atoms with Gasteiger partial charge < -0.3 is 10.1 Å². The molecular formula is C20H17Cl2NO2. The fourth-order valence-corrected chi connectivity index (χ4v) is 2.87. The second-order valence-electron chi connectivity index (χ2n) is 5.64. The van der Waals surface area contributed by atoms with Crippen LogP contribution in [0.5, 0.6) is 5.75 Å². The molecule has 3 nitrogen and oxygen atoms in total. The van der Waals surface area contributed by atoms with E-state index in [0.717, 1.165) is 10.8 Å². The first-order valence-corrected chi connectivity index (χ1v) is 8.74. The number of halogens is 2. The third kappa shape index (κ3) is 4.25. The highest BCUT2D eigenvalue weighted by Crippen LogP contribution is 2.26. The molecule has 5 heteroatoms. The molecule has 0 aliphatic carbocycles. The highest BCUT2D eigenvalue weighted by atomic mass is 35.5. The van der Waals surface area contributed by atoms with E-state index in [1.165, 1.54) is 0 Å². The van der Waals surface area contributed by atoms with E-state index in [4.69, 9.17) is 27.9 Å². The molecule has 0 heterocycles. The lowest BCUT2D eigenvalue weighted by molar-refractivity contribution is -0.122. The van der Waals surface area contributed by atoms with Crippen molar-refractivity contribution in [1.82, 2.24) is 0 Å². The first kappa shape index (κ1) is 17.6. The molecule has 0 saturated carbocycles. The van der Waals surface area contributed by atoms with Crippen molar-refractivity contribution in [2.24, 2.45) is 0 Å². The number of carbonyl (C=O) groups is 1. The Kier molecular flexibility index (Phi) is 5.47. The summed E-state index contributed by atoms with van der Waals surface area (Å²) < 4.78 is 5.89. The molecule has 0 saturated heterocycles. The average molecular weight is 374 g/mol. The van der Waals surface area contributed by atoms with Gasteiger partial charge in [-0.2, -0.15) is 0 Å². The highest BCUT2D eigenvalue weighted by molar-refractivity contribution is 6.35. The van der Waals surface area contributed by atoms with E-state index in [1.807, 2.05) is 49.4 Å². The predicted octanol–water partition coefficient (Wildman–Crippen LogP) is 5.94. The summed E-state index contributed by atoms with van der Waals surface area (Å²) in [6.45, 7) is 1.89. The lowest BCUT2D eigenvalue weighted by atomic mass is 10.1. The van der Waals surface area contributed by atoms with Crippen LogP contribution in [0, 0.1) is 0 Å². The van der Waals surface area contributed by atoms with Crippen LogP contribution in [0.25, 0.3) is 10.8 Å². The number of hydrogen-bond acceptors (Lipinski definition) is 2. The first-order valence-electron chi connectivity index (χ1n) is 7.98. The minimum absolute atomic E-state index is 0.264. The summed E-state index contributed by atoms with van der Waals surface area (Å²) in [5.41, 5.74) is 0.472. The molecule has 3 rings (SSSR count). The fraction of sp³-hybridized carbons (Fsp3) is 0.150. The van der Waals surface area contributed by atoms with Crippen molar-refractivity contribution in [3.05, 3.63) is 70.7 Å². The molecule has 0 aliphatic heterocycles. The van der Waals surface area contributed by atoms with Gasteiger partial charge in [-0.15, -0.1) is 0 Å². The molecule has 0 radical (unpaired) electrons. The normalized spacial score (nSPS) is 12.0. The number of ether oxygens (including phenoxy) is 1. The standard InChI is InChI=1S/C20H17Cl2NO2/c1-2-19(20(24)23-18-12-15(21)8-10-17(18)22)25-16-9-7-13-5-3-4-6-14(13)11-16/h3-12,19H,2H2,1H3,(H,23,24)/t19-/m0/s1. The van der Waals surface area contributed by atoms with Crippen molar-refractivity contribution < 1.29 is 9.53 Å². The zero-order valence-electron chi connectivity index (χ0n) is 13.6. The quantitative estimate of drug-likeness (QED) is 0.600. The number of carbonyl (C=O) groups excluding carboxylic acids is 1. The molecule has 0 spiro atoms. The molecule has 128 valence electrons. The molecule has 0 aliphatic rings. The Morgan fingerprint density at radius 3 is 2.56 bits per heavy atom. The minimum atomic E-state index is -0.629. The molecule has 0 aromatic heterocycles. The smallest absolute Gasteiger partial charge is 0.265 e. The lowest BCUT2D eigenvalue weighted by Gasteiger charge is -2.18. The maximum Gasteiger partial charge on any atom is 0.265 e. The van der Waals surface area contributed by atoms with Crippen LogP contribution in [0.3, 0.4) is 0 Å². The SMILES string of the molecule is CC[C@H](Oc1ccc2ccccc2c1)C(=O)Nc1cc(Cl)ccc1Cl. The maximum absolute atomic E-state index is 12.5. The van der Waals surface area contributed by atoms with Crippen molar-refractivity contribution in [3.63, 3.8) is 0 Å². The van der Waals surface area contributed by atoms with Crippen molar-refractivity contribution in [2.75, 3.05) is 5.32 Å². The lowest BCUT2D eigenvalue weighted by Crippen LogP contribution is -2.32. The number of hydrogen-bond donors (Lipinski definition) is 1. The minimum Gasteiger partial charge on any atom is -0.481 e. The molecule has 1 atom stereocenters. The molecule has 1 amide bonds. The van der Waals surface area contributed by atoms with E-state index in [0.29, 0.717) is 27.9 Å². The van der Waals surface area contributed by atoms with Gasteiger partial charge in [0.15, 0.2) is 6.10 Å². The summed E-state index contributed by atoms with van der Waals surface area (Å²) in [5.74, 6) is 0.387. The Hall–Kier alpha value is -2.23. The Morgan fingerprint density at radius 2 is 1.80 bits per heavy atom. The van der Waals surface area contributed by atoms with Crippen LogP contribution in [0.15, 0.2) is 60.7 Å². The maximum atomic E-state index is 12.5. The van der Waals surface area contributed by atoms with Crippen LogP contribution >= 0.6 is 23.2 Å². The van der Waals surface area contributed by atoms with Gasteiger partial charge in [0.25, 0.3) is 5.91 Å². The molecule has 1 N–H and O–H groups in total. The van der Waals surface area contributed by atoms with Crippen LogP contribution in [-0.4, -0.2) is 12.0 Å². The topological polar surface area (TPSA) is 38.3 Å². The van der Waals surface area contributed by atoms with Gasteiger partial charge in [0.1, 0.15) is 5.75 Å². The van der Waals surface area contributed by atoms with Crippen LogP contribution in [0.2, 0.25) is 10.0 Å². The third-order valence-electron chi connectivity index (χ3n) is 3.85. The highest BCUT2D eigenvalue weighted by Gasteiger charge is 2.19. The zero-order valence-corrected chi connectivity index (χ0v) is 15.1. The van der Waals surface area contributed by atoms with Gasteiger partial charge in [0, 0.05) is 5.02 Å². The Bertz CT molecular complexity index is 911. The molecule has 0 unspecified atom stereocenters. The molecule has 25 heavy (non-hydrogen) atoms. The van der Waals surface area contributed by atoms with Gasteiger partial charge >= 0.3 is 0 Å². The van der Waals surface area contributed by atoms with Gasteiger partial charge in [0.2, 0.25) is 0 Å². The number of anilines is 1. The molecular weight excluding hydrogens is 357 g/mol. The summed E-state index contributed by atoms with van der Waals surface area (Å²) >= 11 is 12.1. The molecule has 3 aromatic rings. The van der Waals surface area contributed by atoms with E-state index < -0.39 is 6.10 Å². The van der Waals surface area contributed by atoms with Crippen molar-refractivity contribution in [1.29, 1.82) is 0 Å². The first-order chi connectivity index (χ1) is 12.1. The van der Waals surface area contributed by atoms with Gasteiger partial charge in [-0.1, -0.05) is 60.5 Å². The summed E-state index contributed by atoms with van der Waals surface area (Å²) in [6.07, 6.45) is -0.104. The fourth-order valence-electron chi connectivity index (χ4n) is 2.53. The number of amides is 1. The van der Waals surface area contributed by atoms with Crippen LogP contribution in [-0.2, 0) is 4.79 Å². The zero-order chi connectivity index (χ0) is 17.8. The van der Waals surface area contributed by atoms with Crippen LogP contribution < -0.4 is 10.1 Å². The van der Waals surface area contributed by atoms with Crippen molar-refractivity contribution in [2.45, 2.75) is 19.4 Å². The molecule has 0 fully saturated rings. The number of rotatable bonds is 5. The van der Waals surface area contributed by atoms with Gasteiger partial charge in [-0.25, -0.2) is 0 Å². The van der Waals surface area contributed by atoms with Crippen molar-refractivity contribution in [3.8, 4) is 5.75 Å². The molecule has 3 aromatic carbocycles. The number of benzene rings is 3. The van der Waals surface area contributed by atoms with E-state index in [2.05, 4.69) is 5.32 Å². The second kappa shape index (κ2) is 7.77. The van der Waals surface area contributed by atoms with E-state index in [-0.39, 0.29) is 5.91 Å². The number of fused-ring (bicyclic) bond motifs is 1. The number of nitrogens with one attached hydrogen (secondary N) is 1. The van der Waals surface area contributed by atoms with Crippen molar-refractivity contribution >= 4 is 45.6 Å². The average Bonchev–Trinajstić information content (AvgIpc) is 2.62. The summed E-state index contributed by atoms with van der Waals surface area (Å²) in [4.78, 5) is 12.5. The second-order valence-corrected chi connectivity index (χ2v) is 6.48. The molecule has 0 bridgehead atoms. The summed E-state index contributed by atoms with van der Waals surface area (Å²) in [6, 6.07) is 18.7. The van der Waals surface area contributed by atoms with Crippen LogP contribution in [0.1, 0.15) is 13.3 Å². The van der Waals surface area contributed by atoms with Gasteiger partial charge in [-0.3, -0.25) is 4.79 Å². The Morgan fingerprint density at radius 1 is 1.04 bits per heavy atom. The Balaban J connectivity index is 1.76. The summed E-state index contributed by atoms with van der Waals surface area (Å²) in [7, 11) is 0. The monoisotopic (exact) mass is 373 g/mol. The summed E-state index contributed by atoms with van der Waals surface area (Å²) in [5, 5.41) is 5.90. The van der Waals surface area contributed by atoms with Gasteiger partial charge in [-0.05, 0) is 47.5 Å². The largest absolute Gasteiger partial charge is 0.481 e. The van der Waals surface area contributed by atoms with E-state index in [9.17, 15) is 4.79 Å².